The summed E-state index contributed by atoms with van der Waals surface area (Å²) in [5.74, 6) is 0. The molecule has 126 valence electrons. The second-order valence-electron chi connectivity index (χ2n) is 5.96. The zero-order chi connectivity index (χ0) is 18.0. The molecule has 1 N–H and O–H groups in total. The summed E-state index contributed by atoms with van der Waals surface area (Å²) in [5, 5.41) is 5.74. The molecule has 0 amide bonds. The SMILES string of the molecule is [B]c1ccc(-c2cc(NP(=O)(OC)c3ccc(C)cc3C)cs2)cc1. The van der Waals surface area contributed by atoms with E-state index >= 15 is 0 Å². The minimum absolute atomic E-state index is 0.695. The van der Waals surface area contributed by atoms with Crippen LogP contribution in [-0.4, -0.2) is 15.0 Å². The van der Waals surface area contributed by atoms with Gasteiger partial charge in [-0.3, -0.25) is 4.57 Å². The van der Waals surface area contributed by atoms with Crippen LogP contribution in [0.5, 0.6) is 0 Å². The van der Waals surface area contributed by atoms with Crippen LogP contribution in [0.25, 0.3) is 10.4 Å². The van der Waals surface area contributed by atoms with Crippen LogP contribution in [0.2, 0.25) is 0 Å². The van der Waals surface area contributed by atoms with E-state index in [1.807, 2.05) is 67.8 Å². The minimum atomic E-state index is -3.18. The first kappa shape index (κ1) is 18.0. The van der Waals surface area contributed by atoms with Crippen molar-refractivity contribution < 1.29 is 9.09 Å². The number of rotatable bonds is 5. The van der Waals surface area contributed by atoms with Gasteiger partial charge in [0.25, 0.3) is 0 Å². The molecule has 25 heavy (non-hydrogen) atoms. The number of thiophene rings is 1. The van der Waals surface area contributed by atoms with E-state index in [1.54, 1.807) is 11.3 Å². The van der Waals surface area contributed by atoms with Gasteiger partial charge in [-0.05, 0) is 37.1 Å². The maximum absolute atomic E-state index is 13.3. The Morgan fingerprint density at radius 2 is 1.80 bits per heavy atom. The zero-order valence-electron chi connectivity index (χ0n) is 14.4. The maximum atomic E-state index is 13.3. The fourth-order valence-corrected chi connectivity index (χ4v) is 5.32. The summed E-state index contributed by atoms with van der Waals surface area (Å²) in [5.41, 5.74) is 4.67. The molecule has 6 heteroatoms. The predicted molar refractivity (Wildman–Crippen MR) is 109 cm³/mol. The van der Waals surface area contributed by atoms with E-state index in [-0.39, 0.29) is 0 Å². The summed E-state index contributed by atoms with van der Waals surface area (Å²) >= 11 is 1.58. The van der Waals surface area contributed by atoms with Crippen LogP contribution in [0.3, 0.4) is 0 Å². The zero-order valence-corrected chi connectivity index (χ0v) is 16.2. The van der Waals surface area contributed by atoms with Crippen LogP contribution in [0.4, 0.5) is 5.69 Å². The molecule has 2 aromatic carbocycles. The van der Waals surface area contributed by atoms with Gasteiger partial charge >= 0.3 is 7.52 Å². The highest BCUT2D eigenvalue weighted by Crippen LogP contribution is 2.47. The smallest absolute Gasteiger partial charge is 0.314 e. The van der Waals surface area contributed by atoms with Crippen molar-refractivity contribution in [2.45, 2.75) is 13.8 Å². The summed E-state index contributed by atoms with van der Waals surface area (Å²) in [4.78, 5) is 1.07. The molecule has 1 unspecified atom stereocenters. The van der Waals surface area contributed by atoms with Gasteiger partial charge in [0.15, 0.2) is 0 Å². The third-order valence-corrected chi connectivity index (χ3v) is 7.18. The van der Waals surface area contributed by atoms with E-state index in [2.05, 4.69) is 5.09 Å². The molecule has 0 aliphatic heterocycles. The lowest BCUT2D eigenvalue weighted by Crippen LogP contribution is -2.16. The third-order valence-electron chi connectivity index (χ3n) is 4.00. The lowest BCUT2D eigenvalue weighted by Gasteiger charge is -2.20. The minimum Gasteiger partial charge on any atom is -0.314 e. The van der Waals surface area contributed by atoms with Gasteiger partial charge in [0.1, 0.15) is 7.85 Å². The molecule has 3 rings (SSSR count). The van der Waals surface area contributed by atoms with Gasteiger partial charge in [0.2, 0.25) is 0 Å². The first-order valence-electron chi connectivity index (χ1n) is 7.87. The average Bonchev–Trinajstić information content (AvgIpc) is 3.03. The molecule has 1 heterocycles. The van der Waals surface area contributed by atoms with Gasteiger partial charge in [-0.2, -0.15) is 0 Å². The summed E-state index contributed by atoms with van der Waals surface area (Å²) in [6, 6.07) is 15.5. The van der Waals surface area contributed by atoms with Crippen LogP contribution in [-0.2, 0) is 9.09 Å². The average molecular weight is 367 g/mol. The van der Waals surface area contributed by atoms with Crippen molar-refractivity contribution in [3.63, 3.8) is 0 Å². The van der Waals surface area contributed by atoms with Gasteiger partial charge in [-0.1, -0.05) is 47.4 Å². The Balaban J connectivity index is 1.89. The Labute approximate surface area is 154 Å². The van der Waals surface area contributed by atoms with Gasteiger partial charge in [0, 0.05) is 17.4 Å². The van der Waals surface area contributed by atoms with Crippen molar-refractivity contribution in [2.24, 2.45) is 0 Å². The second kappa shape index (κ2) is 7.21. The molecule has 3 aromatic rings. The number of benzene rings is 2. The molecule has 0 saturated heterocycles. The summed E-state index contributed by atoms with van der Waals surface area (Å²) < 4.78 is 18.7. The highest BCUT2D eigenvalue weighted by molar-refractivity contribution is 7.68. The molecule has 3 nitrogen and oxygen atoms in total. The van der Waals surface area contributed by atoms with Crippen LogP contribution >= 0.6 is 18.9 Å². The van der Waals surface area contributed by atoms with E-state index in [9.17, 15) is 4.57 Å². The van der Waals surface area contributed by atoms with Crippen molar-refractivity contribution >= 4 is 43.2 Å². The molecule has 1 atom stereocenters. The van der Waals surface area contributed by atoms with Gasteiger partial charge in [-0.15, -0.1) is 11.3 Å². The van der Waals surface area contributed by atoms with Gasteiger partial charge < -0.3 is 9.61 Å². The highest BCUT2D eigenvalue weighted by Gasteiger charge is 2.27. The van der Waals surface area contributed by atoms with E-state index in [0.717, 1.165) is 32.7 Å². The van der Waals surface area contributed by atoms with Crippen molar-refractivity contribution in [1.29, 1.82) is 0 Å². The molecule has 0 saturated carbocycles. The Kier molecular flexibility index (Phi) is 5.19. The first-order chi connectivity index (χ1) is 11.9. The second-order valence-corrected chi connectivity index (χ2v) is 9.04. The normalized spacial score (nSPS) is 13.4. The molecule has 0 spiro atoms. The molecule has 0 aliphatic rings. The van der Waals surface area contributed by atoms with E-state index in [1.165, 1.54) is 7.11 Å². The van der Waals surface area contributed by atoms with E-state index < -0.39 is 7.52 Å². The maximum Gasteiger partial charge on any atom is 0.323 e. The fraction of sp³-hybridized carbons (Fsp3) is 0.158. The number of nitrogens with one attached hydrogen (secondary N) is 1. The predicted octanol–water partition coefficient (Wildman–Crippen LogP) is 4.40. The van der Waals surface area contributed by atoms with Crippen molar-refractivity contribution in [1.82, 2.24) is 0 Å². The van der Waals surface area contributed by atoms with Crippen molar-refractivity contribution in [3.05, 3.63) is 65.0 Å². The standard InChI is InChI=1S/C19H19BNO2PS/c1-13-4-9-18(14(2)10-13)24(22,23-3)21-17-11-19(25-12-17)15-5-7-16(20)8-6-15/h4-12H,1-3H3,(H,21,22). The van der Waals surface area contributed by atoms with Crippen LogP contribution in [0.15, 0.2) is 53.9 Å². The molecular formula is C19H19BNO2PS. The summed E-state index contributed by atoms with van der Waals surface area (Å²) in [6.45, 7) is 3.96. The lowest BCUT2D eigenvalue weighted by atomic mass is 9.95. The molecule has 0 bridgehead atoms. The lowest BCUT2D eigenvalue weighted by molar-refractivity contribution is 0.407. The Hall–Kier alpha value is -1.81. The monoisotopic (exact) mass is 367 g/mol. The molecule has 1 aromatic heterocycles. The quantitative estimate of drug-likeness (QED) is 0.537. The number of aryl methyl sites for hydroxylation is 2. The highest BCUT2D eigenvalue weighted by atomic mass is 32.1. The number of anilines is 1. The van der Waals surface area contributed by atoms with Gasteiger partial charge in [-0.25, -0.2) is 0 Å². The van der Waals surface area contributed by atoms with Crippen molar-refractivity contribution in [3.8, 4) is 10.4 Å². The molecular weight excluding hydrogens is 348 g/mol. The summed E-state index contributed by atoms with van der Waals surface area (Å²) in [6.07, 6.45) is 0. The first-order valence-corrected chi connectivity index (χ1v) is 10.4. The van der Waals surface area contributed by atoms with Gasteiger partial charge in [0.05, 0.1) is 11.0 Å². The Morgan fingerprint density at radius 3 is 2.44 bits per heavy atom. The van der Waals surface area contributed by atoms with Crippen LogP contribution in [0.1, 0.15) is 11.1 Å². The number of hydrogen-bond acceptors (Lipinski definition) is 3. The van der Waals surface area contributed by atoms with E-state index in [4.69, 9.17) is 12.4 Å². The Morgan fingerprint density at radius 1 is 1.08 bits per heavy atom. The Bertz CT molecular complexity index is 937. The molecule has 0 fully saturated rings. The third kappa shape index (κ3) is 3.90. The summed E-state index contributed by atoms with van der Waals surface area (Å²) in [7, 11) is 4.03. The topological polar surface area (TPSA) is 38.3 Å². The number of hydrogen-bond donors (Lipinski definition) is 1. The molecule has 2 radical (unpaired) electrons. The largest absolute Gasteiger partial charge is 0.323 e. The van der Waals surface area contributed by atoms with E-state index in [0.29, 0.717) is 5.30 Å². The fourth-order valence-electron chi connectivity index (χ4n) is 2.70. The van der Waals surface area contributed by atoms with Crippen LogP contribution in [0, 0.1) is 13.8 Å². The van der Waals surface area contributed by atoms with Crippen molar-refractivity contribution in [2.75, 3.05) is 12.2 Å². The molecule has 0 aliphatic carbocycles. The van der Waals surface area contributed by atoms with Crippen LogP contribution < -0.4 is 15.9 Å².